The molecule has 1 fully saturated rings. The average Bonchev–Trinajstić information content (AvgIpc) is 3.16. The number of allylic oxidation sites excluding steroid dienone is 2. The van der Waals surface area contributed by atoms with Crippen molar-refractivity contribution in [2.24, 2.45) is 0 Å². The van der Waals surface area contributed by atoms with Crippen molar-refractivity contribution in [1.82, 2.24) is 5.32 Å². The van der Waals surface area contributed by atoms with Gasteiger partial charge in [0.1, 0.15) is 21.6 Å². The lowest BCUT2D eigenvalue weighted by Gasteiger charge is -2.31. The number of carbonyl (C=O) groups excluding carboxylic acids is 1. The third kappa shape index (κ3) is 4.27. The van der Waals surface area contributed by atoms with Crippen LogP contribution in [0.15, 0.2) is 89.4 Å². The molecule has 3 aromatic carbocycles. The van der Waals surface area contributed by atoms with Gasteiger partial charge < -0.3 is 14.8 Å². The fourth-order valence-electron chi connectivity index (χ4n) is 4.33. The molecule has 2 heterocycles. The highest BCUT2D eigenvalue weighted by molar-refractivity contribution is 8.26. The van der Waals surface area contributed by atoms with Gasteiger partial charge in [-0.15, -0.1) is 0 Å². The van der Waals surface area contributed by atoms with Crippen LogP contribution in [0.5, 0.6) is 11.5 Å². The Morgan fingerprint density at radius 3 is 2.41 bits per heavy atom. The van der Waals surface area contributed by atoms with Crippen molar-refractivity contribution in [2.45, 2.75) is 19.8 Å². The first-order valence-electron chi connectivity index (χ1n) is 11.1. The second-order valence-corrected chi connectivity index (χ2v) is 9.74. The van der Waals surface area contributed by atoms with E-state index in [1.807, 2.05) is 67.6 Å². The quantitative estimate of drug-likeness (QED) is 0.337. The zero-order valence-corrected chi connectivity index (χ0v) is 20.5. The minimum absolute atomic E-state index is 0.109. The highest BCUT2D eigenvalue weighted by atomic mass is 32.2. The number of rotatable bonds is 5. The monoisotopic (exact) mass is 485 g/mol. The van der Waals surface area contributed by atoms with Crippen molar-refractivity contribution in [3.05, 3.63) is 112 Å². The zero-order chi connectivity index (χ0) is 23.7. The minimum Gasteiger partial charge on any atom is -0.494 e. The van der Waals surface area contributed by atoms with E-state index < -0.39 is 0 Å². The second-order valence-electron chi connectivity index (χ2n) is 8.02. The van der Waals surface area contributed by atoms with Crippen LogP contribution in [0.4, 0.5) is 0 Å². The Hall–Kier alpha value is -3.35. The van der Waals surface area contributed by atoms with E-state index in [9.17, 15) is 4.79 Å². The molecule has 0 unspecified atom stereocenters. The summed E-state index contributed by atoms with van der Waals surface area (Å²) < 4.78 is 12.6. The van der Waals surface area contributed by atoms with Gasteiger partial charge in [-0.05, 0) is 61.4 Å². The van der Waals surface area contributed by atoms with Gasteiger partial charge in [0.2, 0.25) is 0 Å². The molecule has 0 spiro atoms. The summed E-state index contributed by atoms with van der Waals surface area (Å²) in [7, 11) is 0. The predicted octanol–water partition coefficient (Wildman–Crippen LogP) is 6.36. The maximum atomic E-state index is 12.6. The molecule has 170 valence electrons. The van der Waals surface area contributed by atoms with Crippen molar-refractivity contribution >= 4 is 40.0 Å². The summed E-state index contributed by atoms with van der Waals surface area (Å²) in [6.45, 7) is 4.68. The van der Waals surface area contributed by atoms with Gasteiger partial charge >= 0.3 is 0 Å². The van der Waals surface area contributed by atoms with Crippen LogP contribution < -0.4 is 14.8 Å². The van der Waals surface area contributed by atoms with E-state index >= 15 is 0 Å². The molecular weight excluding hydrogens is 462 g/mol. The summed E-state index contributed by atoms with van der Waals surface area (Å²) in [6, 6.07) is 24.3. The second kappa shape index (κ2) is 9.49. The highest BCUT2D eigenvalue weighted by Gasteiger charge is 2.33. The van der Waals surface area contributed by atoms with E-state index in [0.29, 0.717) is 21.6 Å². The summed E-state index contributed by atoms with van der Waals surface area (Å²) in [5, 5.41) is 2.72. The van der Waals surface area contributed by atoms with E-state index in [4.69, 9.17) is 21.7 Å². The topological polar surface area (TPSA) is 47.6 Å². The van der Waals surface area contributed by atoms with E-state index in [0.717, 1.165) is 28.2 Å². The first kappa shape index (κ1) is 22.4. The average molecular weight is 486 g/mol. The smallest absolute Gasteiger partial charge is 0.263 e. The summed E-state index contributed by atoms with van der Waals surface area (Å²) >= 11 is 6.52. The van der Waals surface area contributed by atoms with Crippen LogP contribution in [-0.2, 0) is 4.79 Å². The lowest BCUT2D eigenvalue weighted by Crippen LogP contribution is -2.19. The fourth-order valence-corrected chi connectivity index (χ4v) is 5.37. The summed E-state index contributed by atoms with van der Waals surface area (Å²) in [5.41, 5.74) is 5.22. The zero-order valence-electron chi connectivity index (χ0n) is 18.8. The van der Waals surface area contributed by atoms with Gasteiger partial charge in [0.25, 0.3) is 5.91 Å². The SMILES string of the molecule is CCOc1ccc(C2=C(/C=C3/SC(=S)NC3=O)[C@H](c3ccccc3C)c3ccccc3O2)cc1. The van der Waals surface area contributed by atoms with Gasteiger partial charge in [-0.1, -0.05) is 66.4 Å². The normalized spacial score (nSPS) is 18.5. The Bertz CT molecular complexity index is 1340. The third-order valence-electron chi connectivity index (χ3n) is 5.87. The van der Waals surface area contributed by atoms with Crippen LogP contribution >= 0.6 is 24.0 Å². The van der Waals surface area contributed by atoms with Gasteiger partial charge in [-0.3, -0.25) is 4.79 Å². The Morgan fingerprint density at radius 2 is 1.74 bits per heavy atom. The first-order valence-corrected chi connectivity index (χ1v) is 12.3. The molecule has 0 bridgehead atoms. The number of para-hydroxylation sites is 1. The number of benzene rings is 3. The predicted molar refractivity (Wildman–Crippen MR) is 141 cm³/mol. The Balaban J connectivity index is 1.76. The van der Waals surface area contributed by atoms with E-state index in [1.165, 1.54) is 22.9 Å². The third-order valence-corrected chi connectivity index (χ3v) is 7.03. The number of thioether (sulfide) groups is 1. The van der Waals surface area contributed by atoms with Crippen molar-refractivity contribution in [3.8, 4) is 11.5 Å². The summed E-state index contributed by atoms with van der Waals surface area (Å²) in [6.07, 6.45) is 1.93. The Kier molecular flexibility index (Phi) is 6.26. The van der Waals surface area contributed by atoms with Gasteiger partial charge in [0.15, 0.2) is 0 Å². The van der Waals surface area contributed by atoms with Crippen molar-refractivity contribution in [1.29, 1.82) is 0 Å². The molecule has 34 heavy (non-hydrogen) atoms. The van der Waals surface area contributed by atoms with Gasteiger partial charge in [0.05, 0.1) is 11.5 Å². The lowest BCUT2D eigenvalue weighted by atomic mass is 9.79. The molecule has 1 N–H and O–H groups in total. The molecular formula is C28H23NO3S2. The fraction of sp³-hybridized carbons (Fsp3) is 0.143. The summed E-state index contributed by atoms with van der Waals surface area (Å²) in [5.74, 6) is 2.03. The number of aryl methyl sites for hydroxylation is 1. The van der Waals surface area contributed by atoms with Gasteiger partial charge in [-0.2, -0.15) is 0 Å². The van der Waals surface area contributed by atoms with Gasteiger partial charge in [-0.25, -0.2) is 0 Å². The van der Waals surface area contributed by atoms with Crippen molar-refractivity contribution < 1.29 is 14.3 Å². The molecule has 2 aliphatic heterocycles. The van der Waals surface area contributed by atoms with Crippen LogP contribution in [0.25, 0.3) is 5.76 Å². The molecule has 1 saturated heterocycles. The van der Waals surface area contributed by atoms with Crippen LogP contribution in [0.1, 0.15) is 35.1 Å². The number of nitrogens with one attached hydrogen (secondary N) is 1. The van der Waals surface area contributed by atoms with Crippen LogP contribution in [0.2, 0.25) is 0 Å². The Labute approximate surface area is 208 Å². The Morgan fingerprint density at radius 1 is 1.03 bits per heavy atom. The maximum absolute atomic E-state index is 12.6. The molecule has 4 nitrogen and oxygen atoms in total. The maximum Gasteiger partial charge on any atom is 0.263 e. The molecule has 0 saturated carbocycles. The number of fused-ring (bicyclic) bond motifs is 1. The number of thiocarbonyl (C=S) groups is 1. The molecule has 0 radical (unpaired) electrons. The van der Waals surface area contributed by atoms with Gasteiger partial charge in [0, 0.05) is 22.6 Å². The highest BCUT2D eigenvalue weighted by Crippen LogP contribution is 2.48. The number of ether oxygens (including phenoxy) is 2. The molecule has 0 aromatic heterocycles. The first-order chi connectivity index (χ1) is 16.5. The molecule has 6 heteroatoms. The summed E-state index contributed by atoms with van der Waals surface area (Å²) in [4.78, 5) is 13.2. The molecule has 5 rings (SSSR count). The van der Waals surface area contributed by atoms with Crippen LogP contribution in [0, 0.1) is 6.92 Å². The van der Waals surface area contributed by atoms with E-state index in [1.54, 1.807) is 0 Å². The number of amides is 1. The molecule has 0 aliphatic carbocycles. The number of hydrogen-bond acceptors (Lipinski definition) is 5. The van der Waals surface area contributed by atoms with Crippen LogP contribution in [0.3, 0.4) is 0 Å². The largest absolute Gasteiger partial charge is 0.494 e. The lowest BCUT2D eigenvalue weighted by molar-refractivity contribution is -0.115. The molecule has 1 amide bonds. The number of hydrogen-bond donors (Lipinski definition) is 1. The number of carbonyl (C=O) groups is 1. The minimum atomic E-state index is -0.184. The molecule has 3 aromatic rings. The van der Waals surface area contributed by atoms with Crippen molar-refractivity contribution in [2.75, 3.05) is 6.61 Å². The molecule has 2 aliphatic rings. The standard InChI is InChI=1S/C28H23NO3S2/c1-3-31-19-14-12-18(13-15-19)26-22(16-24-27(30)29-28(33)34-24)25(20-9-5-4-8-17(20)2)21-10-6-7-11-23(21)32-26/h4-16,25H,3H2,1-2H3,(H,29,30,33)/b24-16+/t25-/m1/s1. The van der Waals surface area contributed by atoms with E-state index in [2.05, 4.69) is 30.4 Å². The van der Waals surface area contributed by atoms with Crippen LogP contribution in [-0.4, -0.2) is 16.8 Å². The van der Waals surface area contributed by atoms with Crippen molar-refractivity contribution in [3.63, 3.8) is 0 Å². The molecule has 1 atom stereocenters. The van der Waals surface area contributed by atoms with E-state index in [-0.39, 0.29) is 11.8 Å².